The molecule has 2 rings (SSSR count). The number of H-pyrrole nitrogens is 1. The highest BCUT2D eigenvalue weighted by Crippen LogP contribution is 2.06. The number of aromatic amines is 1. The molecule has 19 heavy (non-hydrogen) atoms. The van der Waals surface area contributed by atoms with Gasteiger partial charge in [-0.3, -0.25) is 9.69 Å². The van der Waals surface area contributed by atoms with Crippen molar-refractivity contribution in [2.45, 2.75) is 6.54 Å². The van der Waals surface area contributed by atoms with Crippen LogP contribution in [0.4, 0.5) is 0 Å². The summed E-state index contributed by atoms with van der Waals surface area (Å²) in [7, 11) is 0. The third-order valence-corrected chi connectivity index (χ3v) is 2.90. The Bertz CT molecular complexity index is 635. The van der Waals surface area contributed by atoms with Crippen molar-refractivity contribution in [3.8, 4) is 0 Å². The van der Waals surface area contributed by atoms with Crippen LogP contribution in [0.3, 0.4) is 0 Å². The summed E-state index contributed by atoms with van der Waals surface area (Å²) in [6.07, 6.45) is 7.04. The molecule has 0 amide bonds. The molecule has 0 aliphatic carbocycles. The van der Waals surface area contributed by atoms with Crippen LogP contribution in [0.15, 0.2) is 54.6 Å². The highest BCUT2D eigenvalue weighted by molar-refractivity contribution is 5.74. The first-order valence-corrected chi connectivity index (χ1v) is 6.15. The third kappa shape index (κ3) is 2.98. The van der Waals surface area contributed by atoms with E-state index in [-0.39, 0.29) is 5.43 Å². The molecule has 0 fully saturated rings. The first-order chi connectivity index (χ1) is 9.26. The van der Waals surface area contributed by atoms with E-state index in [0.717, 1.165) is 18.7 Å². The molecule has 0 saturated heterocycles. The fraction of sp³-hybridized carbons (Fsp3) is 0.200. The zero-order chi connectivity index (χ0) is 13.7. The number of hydrogen-bond donors (Lipinski definition) is 1. The maximum Gasteiger partial charge on any atom is 0.195 e. The van der Waals surface area contributed by atoms with Gasteiger partial charge >= 0.3 is 0 Å². The summed E-state index contributed by atoms with van der Waals surface area (Å²) in [5.74, 6) is 0. The fourth-order valence-electron chi connectivity index (χ4n) is 2.02. The number of hydrogen-bond acceptors (Lipinski definition) is 3. The Morgan fingerprint density at radius 1 is 1.32 bits per heavy atom. The van der Waals surface area contributed by atoms with Gasteiger partial charge in [0.15, 0.2) is 5.43 Å². The summed E-state index contributed by atoms with van der Waals surface area (Å²) < 4.78 is 0. The maximum absolute atomic E-state index is 12.3. The van der Waals surface area contributed by atoms with Crippen LogP contribution in [-0.2, 0) is 6.54 Å². The van der Waals surface area contributed by atoms with E-state index in [1.807, 2.05) is 12.2 Å². The molecule has 98 valence electrons. The molecule has 2 heterocycles. The Labute approximate surface area is 112 Å². The molecule has 0 unspecified atom stereocenters. The number of nitrogens with zero attached hydrogens (tertiary/aromatic N) is 2. The van der Waals surface area contributed by atoms with E-state index in [1.165, 1.54) is 0 Å². The summed E-state index contributed by atoms with van der Waals surface area (Å²) >= 11 is 0. The summed E-state index contributed by atoms with van der Waals surface area (Å²) in [5, 5.41) is 0.622. The SMILES string of the molecule is C=CCN(CC=C)Cc1c[nH]c2ncccc2c1=O. The maximum atomic E-state index is 12.3. The van der Waals surface area contributed by atoms with Gasteiger partial charge in [0.05, 0.1) is 5.39 Å². The molecule has 0 atom stereocenters. The van der Waals surface area contributed by atoms with Crippen molar-refractivity contribution in [3.63, 3.8) is 0 Å². The summed E-state index contributed by atoms with van der Waals surface area (Å²) in [5.41, 5.74) is 1.37. The number of aromatic nitrogens is 2. The van der Waals surface area contributed by atoms with E-state index in [9.17, 15) is 4.79 Å². The van der Waals surface area contributed by atoms with Gasteiger partial charge in [-0.25, -0.2) is 4.98 Å². The van der Waals surface area contributed by atoms with Gasteiger partial charge in [0, 0.05) is 37.6 Å². The van der Waals surface area contributed by atoms with Crippen LogP contribution < -0.4 is 5.43 Å². The molecular formula is C15H17N3O. The van der Waals surface area contributed by atoms with E-state index in [4.69, 9.17) is 0 Å². The molecule has 2 aromatic rings. The van der Waals surface area contributed by atoms with Gasteiger partial charge < -0.3 is 4.98 Å². The average molecular weight is 255 g/mol. The van der Waals surface area contributed by atoms with Crippen LogP contribution in [0.25, 0.3) is 11.0 Å². The molecule has 0 spiro atoms. The second-order valence-corrected chi connectivity index (χ2v) is 4.31. The van der Waals surface area contributed by atoms with Crippen LogP contribution in [0.1, 0.15) is 5.56 Å². The second kappa shape index (κ2) is 6.11. The third-order valence-electron chi connectivity index (χ3n) is 2.90. The lowest BCUT2D eigenvalue weighted by Crippen LogP contribution is -2.26. The zero-order valence-electron chi connectivity index (χ0n) is 10.8. The van der Waals surface area contributed by atoms with Gasteiger partial charge in [0.2, 0.25) is 0 Å². The predicted molar refractivity (Wildman–Crippen MR) is 78.0 cm³/mol. The lowest BCUT2D eigenvalue weighted by atomic mass is 10.2. The average Bonchev–Trinajstić information content (AvgIpc) is 2.43. The van der Waals surface area contributed by atoms with Gasteiger partial charge in [0.1, 0.15) is 5.65 Å². The molecule has 1 N–H and O–H groups in total. The highest BCUT2D eigenvalue weighted by atomic mass is 16.1. The standard InChI is InChI=1S/C15H17N3O/c1-3-8-18(9-4-2)11-12-10-17-15-13(14(12)19)6-5-7-16-15/h3-7,10H,1-2,8-9,11H2,(H,16,17,19). The van der Waals surface area contributed by atoms with Crippen LogP contribution in [0.2, 0.25) is 0 Å². The van der Waals surface area contributed by atoms with E-state index in [1.54, 1.807) is 24.5 Å². The van der Waals surface area contributed by atoms with Gasteiger partial charge in [0.25, 0.3) is 0 Å². The molecule has 0 bridgehead atoms. The van der Waals surface area contributed by atoms with E-state index in [2.05, 4.69) is 28.0 Å². The van der Waals surface area contributed by atoms with Crippen LogP contribution in [-0.4, -0.2) is 28.0 Å². The van der Waals surface area contributed by atoms with Crippen molar-refractivity contribution in [2.24, 2.45) is 0 Å². The Morgan fingerprint density at radius 2 is 2.05 bits per heavy atom. The Balaban J connectivity index is 2.34. The zero-order valence-corrected chi connectivity index (χ0v) is 10.8. The monoisotopic (exact) mass is 255 g/mol. The smallest absolute Gasteiger partial charge is 0.195 e. The van der Waals surface area contributed by atoms with E-state index in [0.29, 0.717) is 17.6 Å². The molecule has 0 aliphatic heterocycles. The van der Waals surface area contributed by atoms with Gasteiger partial charge in [-0.2, -0.15) is 0 Å². The number of nitrogens with one attached hydrogen (secondary N) is 1. The lowest BCUT2D eigenvalue weighted by Gasteiger charge is -2.18. The van der Waals surface area contributed by atoms with Crippen LogP contribution >= 0.6 is 0 Å². The van der Waals surface area contributed by atoms with Crippen molar-refractivity contribution >= 4 is 11.0 Å². The van der Waals surface area contributed by atoms with Crippen molar-refractivity contribution < 1.29 is 0 Å². The van der Waals surface area contributed by atoms with Gasteiger partial charge in [-0.15, -0.1) is 13.2 Å². The van der Waals surface area contributed by atoms with Crippen molar-refractivity contribution in [1.29, 1.82) is 0 Å². The normalized spacial score (nSPS) is 10.8. The quantitative estimate of drug-likeness (QED) is 0.804. The number of rotatable bonds is 6. The summed E-state index contributed by atoms with van der Waals surface area (Å²) in [6, 6.07) is 3.56. The molecule has 0 aliphatic rings. The van der Waals surface area contributed by atoms with Crippen molar-refractivity contribution in [2.75, 3.05) is 13.1 Å². The van der Waals surface area contributed by atoms with Gasteiger partial charge in [-0.05, 0) is 12.1 Å². The van der Waals surface area contributed by atoms with E-state index < -0.39 is 0 Å². The molecular weight excluding hydrogens is 238 g/mol. The lowest BCUT2D eigenvalue weighted by molar-refractivity contribution is 0.326. The first-order valence-electron chi connectivity index (χ1n) is 6.15. The molecule has 0 aromatic carbocycles. The summed E-state index contributed by atoms with van der Waals surface area (Å²) in [4.78, 5) is 21.6. The second-order valence-electron chi connectivity index (χ2n) is 4.31. The first kappa shape index (κ1) is 13.2. The Kier molecular flexibility index (Phi) is 4.26. The summed E-state index contributed by atoms with van der Waals surface area (Å²) in [6.45, 7) is 9.45. The molecule has 4 heteroatoms. The topological polar surface area (TPSA) is 49.0 Å². The van der Waals surface area contributed by atoms with Gasteiger partial charge in [-0.1, -0.05) is 12.2 Å². The largest absolute Gasteiger partial charge is 0.346 e. The molecule has 2 aromatic heterocycles. The minimum Gasteiger partial charge on any atom is -0.346 e. The minimum atomic E-state index is 0.0278. The van der Waals surface area contributed by atoms with Crippen molar-refractivity contribution in [3.05, 3.63) is 65.6 Å². The molecule has 0 radical (unpaired) electrons. The van der Waals surface area contributed by atoms with Crippen molar-refractivity contribution in [1.82, 2.24) is 14.9 Å². The van der Waals surface area contributed by atoms with Crippen LogP contribution in [0, 0.1) is 0 Å². The number of fused-ring (bicyclic) bond motifs is 1. The number of pyridine rings is 2. The molecule has 4 nitrogen and oxygen atoms in total. The molecule has 0 saturated carbocycles. The van der Waals surface area contributed by atoms with E-state index >= 15 is 0 Å². The predicted octanol–water partition coefficient (Wildman–Crippen LogP) is 2.10. The minimum absolute atomic E-state index is 0.0278. The highest BCUT2D eigenvalue weighted by Gasteiger charge is 2.09. The Hall–Kier alpha value is -2.20. The van der Waals surface area contributed by atoms with Crippen LogP contribution in [0.5, 0.6) is 0 Å². The fourth-order valence-corrected chi connectivity index (χ4v) is 2.02. The Morgan fingerprint density at radius 3 is 2.74 bits per heavy atom.